The van der Waals surface area contributed by atoms with Crippen molar-refractivity contribution in [1.82, 2.24) is 14.9 Å². The van der Waals surface area contributed by atoms with Crippen molar-refractivity contribution in [1.29, 1.82) is 0 Å². The first kappa shape index (κ1) is 18.3. The van der Waals surface area contributed by atoms with Gasteiger partial charge in [-0.3, -0.25) is 9.59 Å². The summed E-state index contributed by atoms with van der Waals surface area (Å²) in [7, 11) is 0. The molecule has 2 aromatic rings. The number of aliphatic hydroxyl groups excluding tert-OH is 1. The zero-order valence-corrected chi connectivity index (χ0v) is 15.6. The van der Waals surface area contributed by atoms with Gasteiger partial charge in [-0.15, -0.1) is 0 Å². The molecule has 7 nitrogen and oxygen atoms in total. The lowest BCUT2D eigenvalue weighted by molar-refractivity contribution is -0.123. The average Bonchev–Trinajstić information content (AvgIpc) is 3.23. The van der Waals surface area contributed by atoms with E-state index >= 15 is 0 Å². The van der Waals surface area contributed by atoms with Crippen LogP contribution in [0.25, 0.3) is 5.69 Å². The van der Waals surface area contributed by atoms with Crippen LogP contribution in [0.2, 0.25) is 0 Å². The van der Waals surface area contributed by atoms with E-state index < -0.39 is 11.8 Å². The number of carbonyl (C=O) groups excluding carboxylic acids is 2. The van der Waals surface area contributed by atoms with E-state index in [4.69, 9.17) is 0 Å². The maximum absolute atomic E-state index is 12.6. The third-order valence-electron chi connectivity index (χ3n) is 5.62. The second-order valence-corrected chi connectivity index (χ2v) is 7.47. The molecule has 0 spiro atoms. The Morgan fingerprint density at radius 2 is 1.93 bits per heavy atom. The van der Waals surface area contributed by atoms with Gasteiger partial charge in [-0.1, -0.05) is 19.3 Å². The number of nitrogens with zero attached hydrogens (tertiary/aromatic N) is 2. The molecule has 0 radical (unpaired) electrons. The standard InChI is InChI=1S/C21H24N4O3/c26-18-12-17(14-4-2-1-3-5-14)24-21(28)19(18)20(27)23-15-6-8-16(9-7-15)25-11-10-22-13-25/h6-11,13-14,17,26H,1-5,12H2,(H,23,27)(H,24,28). The molecular weight excluding hydrogens is 356 g/mol. The van der Waals surface area contributed by atoms with E-state index in [1.54, 1.807) is 24.7 Å². The second-order valence-electron chi connectivity index (χ2n) is 7.47. The molecule has 0 saturated heterocycles. The number of hydrogen-bond donors (Lipinski definition) is 3. The number of hydrogen-bond acceptors (Lipinski definition) is 4. The fourth-order valence-corrected chi connectivity index (χ4v) is 4.11. The third-order valence-corrected chi connectivity index (χ3v) is 5.62. The molecule has 3 N–H and O–H groups in total. The second kappa shape index (κ2) is 7.88. The molecule has 1 atom stereocenters. The minimum absolute atomic E-state index is 0.0844. The molecule has 2 aliphatic rings. The van der Waals surface area contributed by atoms with Crippen LogP contribution in [0.3, 0.4) is 0 Å². The zero-order chi connectivity index (χ0) is 19.5. The van der Waals surface area contributed by atoms with Crippen LogP contribution in [-0.2, 0) is 9.59 Å². The Morgan fingerprint density at radius 3 is 2.57 bits per heavy atom. The lowest BCUT2D eigenvalue weighted by Crippen LogP contribution is -2.47. The van der Waals surface area contributed by atoms with E-state index in [9.17, 15) is 14.7 Å². The van der Waals surface area contributed by atoms with Gasteiger partial charge in [0.1, 0.15) is 11.3 Å². The lowest BCUT2D eigenvalue weighted by atomic mass is 9.81. The molecule has 1 aromatic carbocycles. The number of imidazole rings is 1. The minimum Gasteiger partial charge on any atom is -0.511 e. The summed E-state index contributed by atoms with van der Waals surface area (Å²) >= 11 is 0. The Hall–Kier alpha value is -3.09. The molecule has 28 heavy (non-hydrogen) atoms. The number of aliphatic hydroxyl groups is 1. The van der Waals surface area contributed by atoms with Crippen molar-refractivity contribution in [3.63, 3.8) is 0 Å². The molecule has 1 unspecified atom stereocenters. The van der Waals surface area contributed by atoms with Gasteiger partial charge in [0.15, 0.2) is 0 Å². The molecule has 1 saturated carbocycles. The predicted octanol–water partition coefficient (Wildman–Crippen LogP) is 3.09. The summed E-state index contributed by atoms with van der Waals surface area (Å²) < 4.78 is 1.85. The number of rotatable bonds is 4. The van der Waals surface area contributed by atoms with Gasteiger partial charge in [0, 0.05) is 36.2 Å². The Balaban J connectivity index is 1.44. The first-order valence-corrected chi connectivity index (χ1v) is 9.74. The Labute approximate surface area is 163 Å². The maximum atomic E-state index is 12.6. The van der Waals surface area contributed by atoms with Crippen molar-refractivity contribution in [2.45, 2.75) is 44.6 Å². The molecule has 2 heterocycles. The Bertz CT molecular complexity index is 881. The highest BCUT2D eigenvalue weighted by atomic mass is 16.3. The van der Waals surface area contributed by atoms with Crippen molar-refractivity contribution in [3.05, 3.63) is 54.3 Å². The van der Waals surface area contributed by atoms with E-state index in [0.29, 0.717) is 18.0 Å². The number of anilines is 1. The molecule has 7 heteroatoms. The Morgan fingerprint density at radius 1 is 1.18 bits per heavy atom. The van der Waals surface area contributed by atoms with Crippen LogP contribution in [0.4, 0.5) is 5.69 Å². The van der Waals surface area contributed by atoms with E-state index in [2.05, 4.69) is 15.6 Å². The summed E-state index contributed by atoms with van der Waals surface area (Å²) in [5.41, 5.74) is 1.27. The van der Waals surface area contributed by atoms with Crippen LogP contribution < -0.4 is 10.6 Å². The van der Waals surface area contributed by atoms with Crippen LogP contribution in [-0.4, -0.2) is 32.5 Å². The summed E-state index contributed by atoms with van der Waals surface area (Å²) in [6.45, 7) is 0. The normalized spacial score (nSPS) is 20.7. The van der Waals surface area contributed by atoms with Crippen molar-refractivity contribution >= 4 is 17.5 Å². The fourth-order valence-electron chi connectivity index (χ4n) is 4.11. The van der Waals surface area contributed by atoms with Gasteiger partial charge in [-0.2, -0.15) is 0 Å². The molecule has 2 amide bonds. The van der Waals surface area contributed by atoms with Crippen molar-refractivity contribution in [2.24, 2.45) is 5.92 Å². The summed E-state index contributed by atoms with van der Waals surface area (Å²) in [6.07, 6.45) is 11.2. The fraction of sp³-hybridized carbons (Fsp3) is 0.381. The largest absolute Gasteiger partial charge is 0.511 e. The highest BCUT2D eigenvalue weighted by Gasteiger charge is 2.35. The zero-order valence-electron chi connectivity index (χ0n) is 15.6. The lowest BCUT2D eigenvalue weighted by Gasteiger charge is -2.33. The van der Waals surface area contributed by atoms with Crippen LogP contribution in [0.5, 0.6) is 0 Å². The molecule has 0 bridgehead atoms. The van der Waals surface area contributed by atoms with E-state index in [0.717, 1.165) is 31.4 Å². The topological polar surface area (TPSA) is 96.2 Å². The van der Waals surface area contributed by atoms with E-state index in [1.807, 2.05) is 22.9 Å². The monoisotopic (exact) mass is 380 g/mol. The number of amides is 2. The van der Waals surface area contributed by atoms with Gasteiger partial charge in [0.25, 0.3) is 11.8 Å². The first-order valence-electron chi connectivity index (χ1n) is 9.74. The van der Waals surface area contributed by atoms with Gasteiger partial charge in [0.2, 0.25) is 0 Å². The molecule has 1 aromatic heterocycles. The molecule has 1 aliphatic carbocycles. The minimum atomic E-state index is -0.590. The maximum Gasteiger partial charge on any atom is 0.264 e. The summed E-state index contributed by atoms with van der Waals surface area (Å²) in [6, 6.07) is 7.09. The first-order chi connectivity index (χ1) is 13.6. The number of aromatic nitrogens is 2. The van der Waals surface area contributed by atoms with Gasteiger partial charge >= 0.3 is 0 Å². The van der Waals surface area contributed by atoms with Crippen LogP contribution >= 0.6 is 0 Å². The number of benzene rings is 1. The quantitative estimate of drug-likeness (QED) is 0.710. The highest BCUT2D eigenvalue weighted by molar-refractivity contribution is 6.23. The van der Waals surface area contributed by atoms with Crippen molar-refractivity contribution < 1.29 is 14.7 Å². The van der Waals surface area contributed by atoms with Crippen LogP contribution in [0, 0.1) is 5.92 Å². The molecule has 1 fully saturated rings. The third kappa shape index (κ3) is 3.78. The van der Waals surface area contributed by atoms with E-state index in [-0.39, 0.29) is 17.4 Å². The molecule has 4 rings (SSSR count). The molecule has 146 valence electrons. The van der Waals surface area contributed by atoms with Crippen molar-refractivity contribution in [3.8, 4) is 5.69 Å². The summed E-state index contributed by atoms with van der Waals surface area (Å²) in [5, 5.41) is 16.0. The van der Waals surface area contributed by atoms with Gasteiger partial charge < -0.3 is 20.3 Å². The molecule has 1 aliphatic heterocycles. The van der Waals surface area contributed by atoms with Crippen molar-refractivity contribution in [2.75, 3.05) is 5.32 Å². The Kier molecular flexibility index (Phi) is 5.14. The average molecular weight is 380 g/mol. The van der Waals surface area contributed by atoms with Crippen LogP contribution in [0.1, 0.15) is 38.5 Å². The van der Waals surface area contributed by atoms with Crippen LogP contribution in [0.15, 0.2) is 54.3 Å². The van der Waals surface area contributed by atoms with Gasteiger partial charge in [-0.05, 0) is 43.0 Å². The predicted molar refractivity (Wildman–Crippen MR) is 105 cm³/mol. The number of nitrogens with one attached hydrogen (secondary N) is 2. The molecular formula is C21H24N4O3. The van der Waals surface area contributed by atoms with E-state index in [1.165, 1.54) is 6.42 Å². The summed E-state index contributed by atoms with van der Waals surface area (Å²) in [4.78, 5) is 29.1. The van der Waals surface area contributed by atoms with Gasteiger partial charge in [0.05, 0.1) is 6.33 Å². The SMILES string of the molecule is O=C(Nc1ccc(-n2ccnc2)cc1)C1=C(O)CC(C2CCCCC2)NC1=O. The highest BCUT2D eigenvalue weighted by Crippen LogP contribution is 2.31. The van der Waals surface area contributed by atoms with Gasteiger partial charge in [-0.25, -0.2) is 4.98 Å². The smallest absolute Gasteiger partial charge is 0.264 e. The number of carbonyl (C=O) groups is 2. The summed E-state index contributed by atoms with van der Waals surface area (Å²) in [5.74, 6) is -0.827.